The van der Waals surface area contributed by atoms with Crippen molar-refractivity contribution in [3.63, 3.8) is 0 Å². The molecule has 1 saturated heterocycles. The summed E-state index contributed by atoms with van der Waals surface area (Å²) in [4.78, 5) is 33.7. The van der Waals surface area contributed by atoms with Crippen LogP contribution < -0.4 is 10.6 Å². The number of rotatable bonds is 5. The molecular formula is C15H18FN3O7S. The molecular weight excluding hydrogens is 385 g/mol. The van der Waals surface area contributed by atoms with Crippen LogP contribution >= 0.6 is 0 Å². The Labute approximate surface area is 154 Å². The van der Waals surface area contributed by atoms with Crippen LogP contribution in [-0.2, 0) is 24.3 Å². The average Bonchev–Trinajstić information content (AvgIpc) is 2.66. The van der Waals surface area contributed by atoms with Gasteiger partial charge in [0.25, 0.3) is 5.91 Å². The number of ether oxygens (including phenoxy) is 2. The number of benzene rings is 1. The number of imide groups is 1. The van der Waals surface area contributed by atoms with Gasteiger partial charge in [0.2, 0.25) is 10.0 Å². The molecule has 10 nitrogen and oxygen atoms in total. The molecule has 148 valence electrons. The van der Waals surface area contributed by atoms with Gasteiger partial charge in [-0.25, -0.2) is 22.4 Å². The van der Waals surface area contributed by atoms with Crippen LogP contribution in [-0.4, -0.2) is 70.6 Å². The van der Waals surface area contributed by atoms with E-state index >= 15 is 0 Å². The third kappa shape index (κ3) is 5.21. The van der Waals surface area contributed by atoms with E-state index in [4.69, 9.17) is 9.47 Å². The van der Waals surface area contributed by atoms with E-state index in [1.54, 1.807) is 0 Å². The number of carbonyl (C=O) groups excluding carboxylic acids is 3. The highest BCUT2D eigenvalue weighted by molar-refractivity contribution is 7.89. The van der Waals surface area contributed by atoms with E-state index in [2.05, 4.69) is 5.32 Å². The molecule has 12 heteroatoms. The monoisotopic (exact) mass is 403 g/mol. The van der Waals surface area contributed by atoms with E-state index in [1.807, 2.05) is 5.32 Å². The summed E-state index contributed by atoms with van der Waals surface area (Å²) in [7, 11) is -2.87. The van der Waals surface area contributed by atoms with Crippen LogP contribution in [0.2, 0.25) is 0 Å². The number of hydrogen-bond acceptors (Lipinski definition) is 7. The number of sulfonamides is 1. The largest absolute Gasteiger partial charge is 0.452 e. The predicted molar refractivity (Wildman–Crippen MR) is 88.9 cm³/mol. The first-order chi connectivity index (χ1) is 12.8. The summed E-state index contributed by atoms with van der Waals surface area (Å²) >= 11 is 0. The maximum atomic E-state index is 14.1. The molecule has 1 aromatic carbocycles. The second kappa shape index (κ2) is 8.88. The summed E-state index contributed by atoms with van der Waals surface area (Å²) in [5.41, 5.74) is -0.254. The first kappa shape index (κ1) is 20.7. The van der Waals surface area contributed by atoms with Crippen molar-refractivity contribution in [2.75, 3.05) is 40.0 Å². The van der Waals surface area contributed by atoms with Crippen molar-refractivity contribution in [2.45, 2.75) is 4.90 Å². The molecule has 1 fully saturated rings. The van der Waals surface area contributed by atoms with Crippen molar-refractivity contribution in [2.24, 2.45) is 0 Å². The van der Waals surface area contributed by atoms with Gasteiger partial charge >= 0.3 is 12.0 Å². The molecule has 3 amide bonds. The Morgan fingerprint density at radius 1 is 1.26 bits per heavy atom. The van der Waals surface area contributed by atoms with E-state index in [0.29, 0.717) is 0 Å². The molecule has 27 heavy (non-hydrogen) atoms. The number of esters is 1. The number of hydrogen-bond donors (Lipinski definition) is 2. The lowest BCUT2D eigenvalue weighted by Crippen LogP contribution is -2.41. The van der Waals surface area contributed by atoms with Crippen LogP contribution in [0, 0.1) is 5.82 Å². The highest BCUT2D eigenvalue weighted by Gasteiger charge is 2.30. The van der Waals surface area contributed by atoms with Gasteiger partial charge in [0, 0.05) is 20.1 Å². The summed E-state index contributed by atoms with van der Waals surface area (Å²) in [6.45, 7) is -0.270. The fourth-order valence-corrected chi connectivity index (χ4v) is 3.69. The van der Waals surface area contributed by atoms with Crippen molar-refractivity contribution in [3.05, 3.63) is 29.6 Å². The lowest BCUT2D eigenvalue weighted by molar-refractivity contribution is -0.123. The van der Waals surface area contributed by atoms with Crippen molar-refractivity contribution < 1.29 is 36.7 Å². The molecule has 0 spiro atoms. The van der Waals surface area contributed by atoms with Gasteiger partial charge in [-0.1, -0.05) is 0 Å². The third-order valence-electron chi connectivity index (χ3n) is 3.57. The molecule has 1 aromatic rings. The Morgan fingerprint density at radius 2 is 1.93 bits per heavy atom. The zero-order chi connectivity index (χ0) is 20.0. The molecule has 0 saturated carbocycles. The SMILES string of the molecule is CNC(=O)NC(=O)COC(=O)c1ccc(F)c(S(=O)(=O)N2CCOCC2)c1. The van der Waals surface area contributed by atoms with Gasteiger partial charge in [-0.05, 0) is 18.2 Å². The molecule has 1 aliphatic heterocycles. The second-order valence-corrected chi connectivity index (χ2v) is 7.27. The highest BCUT2D eigenvalue weighted by atomic mass is 32.2. The molecule has 0 aromatic heterocycles. The molecule has 0 radical (unpaired) electrons. The standard InChI is InChI=1S/C15H18FN3O7S/c1-17-15(22)18-13(20)9-26-14(21)10-2-3-11(16)12(8-10)27(23,24)19-4-6-25-7-5-19/h2-3,8H,4-7,9H2,1H3,(H2,17,18,20,22). The summed E-state index contributed by atoms with van der Waals surface area (Å²) in [5.74, 6) is -2.94. The first-order valence-corrected chi connectivity index (χ1v) is 9.26. The number of carbonyl (C=O) groups is 3. The number of nitrogens with one attached hydrogen (secondary N) is 2. The molecule has 1 heterocycles. The zero-order valence-electron chi connectivity index (χ0n) is 14.4. The Kier molecular flexibility index (Phi) is 6.82. The van der Waals surface area contributed by atoms with Crippen LogP contribution in [0.1, 0.15) is 10.4 Å². The smallest absolute Gasteiger partial charge is 0.338 e. The molecule has 0 unspecified atom stereocenters. The third-order valence-corrected chi connectivity index (χ3v) is 5.48. The van der Waals surface area contributed by atoms with Crippen molar-refractivity contribution in [3.8, 4) is 0 Å². The van der Waals surface area contributed by atoms with Gasteiger partial charge in [-0.3, -0.25) is 10.1 Å². The van der Waals surface area contributed by atoms with Crippen LogP contribution in [0.5, 0.6) is 0 Å². The predicted octanol–water partition coefficient (Wildman–Crippen LogP) is -0.541. The molecule has 0 aliphatic carbocycles. The van der Waals surface area contributed by atoms with Gasteiger partial charge in [0.15, 0.2) is 6.61 Å². The molecule has 0 bridgehead atoms. The molecule has 1 aliphatic rings. The van der Waals surface area contributed by atoms with E-state index in [-0.39, 0.29) is 31.9 Å². The number of amides is 3. The average molecular weight is 403 g/mol. The maximum Gasteiger partial charge on any atom is 0.338 e. The minimum atomic E-state index is -4.16. The lowest BCUT2D eigenvalue weighted by Gasteiger charge is -2.26. The quantitative estimate of drug-likeness (QED) is 0.631. The summed E-state index contributed by atoms with van der Waals surface area (Å²) < 4.78 is 50.1. The van der Waals surface area contributed by atoms with Crippen molar-refractivity contribution in [1.82, 2.24) is 14.9 Å². The van der Waals surface area contributed by atoms with E-state index in [9.17, 15) is 27.2 Å². The molecule has 0 atom stereocenters. The summed E-state index contributed by atoms with van der Waals surface area (Å²) in [5, 5.41) is 4.03. The molecule has 2 rings (SSSR count). The van der Waals surface area contributed by atoms with Gasteiger partial charge < -0.3 is 14.8 Å². The van der Waals surface area contributed by atoms with Crippen LogP contribution in [0.15, 0.2) is 23.1 Å². The van der Waals surface area contributed by atoms with Crippen LogP contribution in [0.3, 0.4) is 0 Å². The van der Waals surface area contributed by atoms with E-state index in [1.165, 1.54) is 7.05 Å². The minimum Gasteiger partial charge on any atom is -0.452 e. The Balaban J connectivity index is 2.13. The summed E-state index contributed by atoms with van der Waals surface area (Å²) in [6, 6.07) is 1.93. The van der Waals surface area contributed by atoms with Crippen LogP contribution in [0.25, 0.3) is 0 Å². The number of urea groups is 1. The Morgan fingerprint density at radius 3 is 2.56 bits per heavy atom. The van der Waals surface area contributed by atoms with Gasteiger partial charge in [0.05, 0.1) is 18.8 Å². The minimum absolute atomic E-state index is 0.0656. The first-order valence-electron chi connectivity index (χ1n) is 7.82. The van der Waals surface area contributed by atoms with Crippen LogP contribution in [0.4, 0.5) is 9.18 Å². The topological polar surface area (TPSA) is 131 Å². The fourth-order valence-electron chi connectivity index (χ4n) is 2.19. The number of halogens is 1. The zero-order valence-corrected chi connectivity index (χ0v) is 15.2. The van der Waals surface area contributed by atoms with Crippen molar-refractivity contribution >= 4 is 27.9 Å². The normalized spacial score (nSPS) is 15.0. The molecule has 2 N–H and O–H groups in total. The maximum absolute atomic E-state index is 14.1. The lowest BCUT2D eigenvalue weighted by atomic mass is 10.2. The van der Waals surface area contributed by atoms with Crippen molar-refractivity contribution in [1.29, 1.82) is 0 Å². The van der Waals surface area contributed by atoms with E-state index < -0.39 is 45.3 Å². The van der Waals surface area contributed by atoms with Gasteiger partial charge in [-0.15, -0.1) is 0 Å². The van der Waals surface area contributed by atoms with Gasteiger partial charge in [0.1, 0.15) is 10.7 Å². The fraction of sp³-hybridized carbons (Fsp3) is 0.400. The second-order valence-electron chi connectivity index (χ2n) is 5.37. The van der Waals surface area contributed by atoms with Gasteiger partial charge in [-0.2, -0.15) is 4.31 Å². The Hall–Kier alpha value is -2.57. The van der Waals surface area contributed by atoms with E-state index in [0.717, 1.165) is 22.5 Å². The summed E-state index contributed by atoms with van der Waals surface area (Å²) in [6.07, 6.45) is 0. The number of nitrogens with zero attached hydrogens (tertiary/aromatic N) is 1. The Bertz CT molecular complexity index is 838. The highest BCUT2D eigenvalue weighted by Crippen LogP contribution is 2.22. The number of morpholine rings is 1.